The summed E-state index contributed by atoms with van der Waals surface area (Å²) in [6.07, 6.45) is 1.46. The number of halogens is 1. The zero-order valence-corrected chi connectivity index (χ0v) is 11.4. The Morgan fingerprint density at radius 1 is 1.17 bits per heavy atom. The van der Waals surface area contributed by atoms with Gasteiger partial charge in [0.15, 0.2) is 0 Å². The summed E-state index contributed by atoms with van der Waals surface area (Å²) in [4.78, 5) is 0. The SMILES string of the molecule is C[As]1(I)(c2ccccc2)CCC1. The van der Waals surface area contributed by atoms with Crippen LogP contribution in [-0.2, 0) is 0 Å². The normalized spacial score (nSPS) is 28.0. The van der Waals surface area contributed by atoms with E-state index in [-0.39, 0.29) is 0 Å². The first-order valence-electron chi connectivity index (χ1n) is 4.38. The summed E-state index contributed by atoms with van der Waals surface area (Å²) < 4.78 is 1.67. The van der Waals surface area contributed by atoms with Crippen LogP contribution in [-0.4, -0.2) is 9.10 Å². The molecule has 0 aromatic heterocycles. The van der Waals surface area contributed by atoms with Crippen molar-refractivity contribution in [2.75, 3.05) is 0 Å². The van der Waals surface area contributed by atoms with E-state index >= 15 is 0 Å². The van der Waals surface area contributed by atoms with E-state index in [1.165, 1.54) is 16.8 Å². The summed E-state index contributed by atoms with van der Waals surface area (Å²) in [5, 5.41) is 3.01. The molecule has 66 valence electrons. The molecule has 0 unspecified atom stereocenters. The summed E-state index contributed by atoms with van der Waals surface area (Å²) in [5.74, 6) is 0. The minimum atomic E-state index is -1.90. The van der Waals surface area contributed by atoms with Crippen molar-refractivity contribution in [1.29, 1.82) is 0 Å². The van der Waals surface area contributed by atoms with E-state index in [9.17, 15) is 0 Å². The van der Waals surface area contributed by atoms with Gasteiger partial charge in [0, 0.05) is 0 Å². The monoisotopic (exact) mass is 336 g/mol. The number of hydrogen-bond acceptors (Lipinski definition) is 0. The van der Waals surface area contributed by atoms with E-state index in [1.54, 1.807) is 4.35 Å². The first-order valence-corrected chi connectivity index (χ1v) is 15.6. The fraction of sp³-hybridized carbons (Fsp3) is 0.400. The van der Waals surface area contributed by atoms with Gasteiger partial charge in [0.25, 0.3) is 0 Å². The van der Waals surface area contributed by atoms with Crippen molar-refractivity contribution in [3.63, 3.8) is 0 Å². The molecule has 1 heterocycles. The van der Waals surface area contributed by atoms with Gasteiger partial charge in [0.2, 0.25) is 0 Å². The van der Waals surface area contributed by atoms with E-state index < -0.39 is 9.10 Å². The third-order valence-corrected chi connectivity index (χ3v) is 20.7. The Morgan fingerprint density at radius 2 is 1.75 bits per heavy atom. The van der Waals surface area contributed by atoms with Crippen LogP contribution in [0.3, 0.4) is 0 Å². The molecule has 12 heavy (non-hydrogen) atoms. The third kappa shape index (κ3) is 1.35. The Bertz CT molecular complexity index is 284. The van der Waals surface area contributed by atoms with Crippen LogP contribution in [0.5, 0.6) is 0 Å². The maximum absolute atomic E-state index is 2.81. The average molecular weight is 336 g/mol. The zero-order valence-electron chi connectivity index (χ0n) is 7.33. The molecule has 2 rings (SSSR count). The van der Waals surface area contributed by atoms with Gasteiger partial charge in [-0.2, -0.15) is 0 Å². The second-order valence-electron chi connectivity index (χ2n) is 4.02. The van der Waals surface area contributed by atoms with Gasteiger partial charge in [-0.1, -0.05) is 0 Å². The van der Waals surface area contributed by atoms with Crippen LogP contribution in [0.1, 0.15) is 6.42 Å². The Morgan fingerprint density at radius 3 is 2.17 bits per heavy atom. The van der Waals surface area contributed by atoms with Gasteiger partial charge in [-0.25, -0.2) is 0 Å². The molecule has 0 spiro atoms. The maximum atomic E-state index is 2.81. The van der Waals surface area contributed by atoms with Crippen molar-refractivity contribution >= 4 is 33.6 Å². The predicted molar refractivity (Wildman–Crippen MR) is 65.9 cm³/mol. The summed E-state index contributed by atoms with van der Waals surface area (Å²) in [5.41, 5.74) is 2.55. The summed E-state index contributed by atoms with van der Waals surface area (Å²) >= 11 is 2.81. The van der Waals surface area contributed by atoms with Crippen molar-refractivity contribution in [1.82, 2.24) is 0 Å². The van der Waals surface area contributed by atoms with Gasteiger partial charge < -0.3 is 0 Å². The van der Waals surface area contributed by atoms with Crippen molar-refractivity contribution < 1.29 is 0 Å². The first-order chi connectivity index (χ1) is 5.60. The molecule has 1 aromatic rings. The standard InChI is InChI=1S/C10H14AsI/c1-11(12,8-5-9-11)10-6-3-2-4-7-10/h2-4,6-7H,5,8-9H2,1H3. The molecule has 1 fully saturated rings. The Balaban J connectivity index is 2.43. The molecule has 0 N–H and O–H groups in total. The molecule has 0 atom stereocenters. The second kappa shape index (κ2) is 2.75. The van der Waals surface area contributed by atoms with Gasteiger partial charge >= 0.3 is 86.5 Å². The summed E-state index contributed by atoms with van der Waals surface area (Å²) in [7, 11) is -1.90. The van der Waals surface area contributed by atoms with Crippen molar-refractivity contribution in [2.45, 2.75) is 22.5 Å². The Hall–Kier alpha value is 0.508. The molecule has 0 aliphatic carbocycles. The van der Waals surface area contributed by atoms with Crippen LogP contribution in [0.2, 0.25) is 16.1 Å². The van der Waals surface area contributed by atoms with Crippen molar-refractivity contribution in [3.8, 4) is 0 Å². The molecule has 1 aromatic carbocycles. The van der Waals surface area contributed by atoms with Gasteiger partial charge in [0.1, 0.15) is 0 Å². The molecule has 0 amide bonds. The second-order valence-corrected chi connectivity index (χ2v) is 29.5. The van der Waals surface area contributed by atoms with Crippen LogP contribution in [0.15, 0.2) is 30.3 Å². The molecule has 0 saturated carbocycles. The fourth-order valence-electron chi connectivity index (χ4n) is 1.85. The quantitative estimate of drug-likeness (QED) is 0.546. The topological polar surface area (TPSA) is 0 Å². The van der Waals surface area contributed by atoms with Crippen LogP contribution in [0.25, 0.3) is 0 Å². The molecule has 1 aliphatic heterocycles. The van der Waals surface area contributed by atoms with Gasteiger partial charge in [0.05, 0.1) is 0 Å². The van der Waals surface area contributed by atoms with E-state index in [0.29, 0.717) is 0 Å². The van der Waals surface area contributed by atoms with Crippen LogP contribution in [0, 0.1) is 0 Å². The number of benzene rings is 1. The molecule has 1 aliphatic rings. The summed E-state index contributed by atoms with van der Waals surface area (Å²) in [6, 6.07) is 11.1. The third-order valence-electron chi connectivity index (χ3n) is 2.95. The van der Waals surface area contributed by atoms with E-state index in [4.69, 9.17) is 0 Å². The van der Waals surface area contributed by atoms with Gasteiger partial charge in [-0.15, -0.1) is 0 Å². The van der Waals surface area contributed by atoms with E-state index in [0.717, 1.165) is 0 Å². The fourth-order valence-corrected chi connectivity index (χ4v) is 13.4. The van der Waals surface area contributed by atoms with Crippen LogP contribution < -0.4 is 4.35 Å². The van der Waals surface area contributed by atoms with Gasteiger partial charge in [-0.05, 0) is 0 Å². The molecule has 1 saturated heterocycles. The van der Waals surface area contributed by atoms with Crippen LogP contribution in [0.4, 0.5) is 0 Å². The zero-order chi connectivity index (χ0) is 8.68. The molecule has 0 bridgehead atoms. The number of rotatable bonds is 1. The molecular weight excluding hydrogens is 322 g/mol. The Labute approximate surface area is 85.9 Å². The van der Waals surface area contributed by atoms with Crippen LogP contribution >= 0.6 is 20.1 Å². The van der Waals surface area contributed by atoms with Gasteiger partial charge in [-0.3, -0.25) is 0 Å². The van der Waals surface area contributed by atoms with Crippen molar-refractivity contribution in [2.24, 2.45) is 0 Å². The molecule has 0 radical (unpaired) electrons. The average Bonchev–Trinajstić information content (AvgIpc) is 2.04. The van der Waals surface area contributed by atoms with Crippen molar-refractivity contribution in [3.05, 3.63) is 30.3 Å². The summed E-state index contributed by atoms with van der Waals surface area (Å²) in [6.45, 7) is 0. The Kier molecular flexibility index (Phi) is 2.08. The van der Waals surface area contributed by atoms with E-state index in [2.05, 4.69) is 56.2 Å². The minimum absolute atomic E-state index is 1.46. The predicted octanol–water partition coefficient (Wildman–Crippen LogP) is 3.26. The molecule has 2 heteroatoms. The molecule has 0 nitrogen and oxygen atoms in total. The van der Waals surface area contributed by atoms with E-state index in [1.807, 2.05) is 0 Å². The first kappa shape index (κ1) is 9.08. The molecular formula is C10H14AsI. The number of hydrogen-bond donors (Lipinski definition) is 0.